The van der Waals surface area contributed by atoms with Crippen LogP contribution in [0.4, 0.5) is 0 Å². The molecule has 3 rings (SSSR count). The van der Waals surface area contributed by atoms with Crippen molar-refractivity contribution < 1.29 is 28.3 Å². The second-order valence-electron chi connectivity index (χ2n) is 7.50. The first-order valence-corrected chi connectivity index (χ1v) is 10.5. The minimum absolute atomic E-state index is 0. The van der Waals surface area contributed by atoms with Gasteiger partial charge in [-0.3, -0.25) is 0 Å². The first-order valence-electron chi connectivity index (χ1n) is 7.47. The summed E-state index contributed by atoms with van der Waals surface area (Å²) < 4.78 is 11.1. The van der Waals surface area contributed by atoms with E-state index in [4.69, 9.17) is 9.47 Å². The predicted molar refractivity (Wildman–Crippen MR) is 90.4 cm³/mol. The molecular formula is C17H24LiNO2Si. The molecule has 2 aromatic carbocycles. The molecule has 0 radical (unpaired) electrons. The maximum atomic E-state index is 5.56. The SMILES string of the molecule is Cc1cc2cc3c(cc2[c-]1[Si](C)(C)NC(C)(C)C)OCO3.[Li+]. The van der Waals surface area contributed by atoms with Crippen molar-refractivity contribution >= 4 is 24.2 Å². The maximum Gasteiger partial charge on any atom is 1.00 e. The van der Waals surface area contributed by atoms with Crippen molar-refractivity contribution in [3.63, 3.8) is 0 Å². The van der Waals surface area contributed by atoms with E-state index < -0.39 is 8.24 Å². The molecule has 1 aliphatic heterocycles. The molecule has 1 N–H and O–H groups in total. The maximum absolute atomic E-state index is 5.56. The van der Waals surface area contributed by atoms with Crippen molar-refractivity contribution in [2.75, 3.05) is 6.79 Å². The molecule has 114 valence electrons. The average molecular weight is 309 g/mol. The van der Waals surface area contributed by atoms with E-state index in [1.807, 2.05) is 0 Å². The summed E-state index contributed by atoms with van der Waals surface area (Å²) in [7, 11) is -1.75. The predicted octanol–water partition coefficient (Wildman–Crippen LogP) is 0.400. The molecule has 0 atom stereocenters. The van der Waals surface area contributed by atoms with Gasteiger partial charge in [0.15, 0.2) is 0 Å². The molecule has 0 fully saturated rings. The Bertz CT molecular complexity index is 701. The van der Waals surface area contributed by atoms with Crippen LogP contribution in [-0.2, 0) is 0 Å². The van der Waals surface area contributed by atoms with Crippen LogP contribution >= 0.6 is 0 Å². The van der Waals surface area contributed by atoms with Crippen molar-refractivity contribution in [1.82, 2.24) is 4.98 Å². The van der Waals surface area contributed by atoms with Crippen LogP contribution in [0.3, 0.4) is 0 Å². The minimum Gasteiger partial charge on any atom is -0.463 e. The zero-order valence-corrected chi connectivity index (χ0v) is 15.8. The van der Waals surface area contributed by atoms with Crippen molar-refractivity contribution in [1.29, 1.82) is 0 Å². The van der Waals surface area contributed by atoms with Crippen LogP contribution in [0.1, 0.15) is 26.3 Å². The van der Waals surface area contributed by atoms with Crippen molar-refractivity contribution in [3.05, 3.63) is 23.8 Å². The Balaban J connectivity index is 0.00000176. The molecule has 1 heterocycles. The molecule has 1 aliphatic rings. The Morgan fingerprint density at radius 3 is 2.27 bits per heavy atom. The van der Waals surface area contributed by atoms with Crippen LogP contribution in [0.2, 0.25) is 13.1 Å². The van der Waals surface area contributed by atoms with Crippen LogP contribution in [0.15, 0.2) is 18.2 Å². The second kappa shape index (κ2) is 5.68. The molecule has 0 aliphatic carbocycles. The van der Waals surface area contributed by atoms with Gasteiger partial charge in [0.05, 0.1) is 0 Å². The molecule has 0 amide bonds. The molecule has 3 nitrogen and oxygen atoms in total. The van der Waals surface area contributed by atoms with Gasteiger partial charge in [0.1, 0.15) is 19.7 Å². The zero-order chi connectivity index (χ0) is 15.4. The van der Waals surface area contributed by atoms with Gasteiger partial charge in [0.25, 0.3) is 0 Å². The fourth-order valence-corrected chi connectivity index (χ4v) is 7.59. The number of hydrogen-bond donors (Lipinski definition) is 1. The first kappa shape index (κ1) is 17.6. The summed E-state index contributed by atoms with van der Waals surface area (Å²) in [6.07, 6.45) is 0. The van der Waals surface area contributed by atoms with Crippen LogP contribution in [0.5, 0.6) is 11.5 Å². The molecule has 0 spiro atoms. The van der Waals surface area contributed by atoms with Gasteiger partial charge in [-0.05, 0) is 20.8 Å². The molecule has 0 bridgehead atoms. The van der Waals surface area contributed by atoms with Crippen molar-refractivity contribution in [2.24, 2.45) is 0 Å². The van der Waals surface area contributed by atoms with Crippen LogP contribution in [0, 0.1) is 6.92 Å². The topological polar surface area (TPSA) is 30.5 Å². The van der Waals surface area contributed by atoms with Crippen molar-refractivity contribution in [3.8, 4) is 11.5 Å². The van der Waals surface area contributed by atoms with E-state index in [1.165, 1.54) is 21.5 Å². The Kier molecular flexibility index (Phi) is 4.54. The third kappa shape index (κ3) is 3.11. The van der Waals surface area contributed by atoms with E-state index >= 15 is 0 Å². The molecule has 5 heteroatoms. The summed E-state index contributed by atoms with van der Waals surface area (Å²) in [5.41, 5.74) is 1.48. The standard InChI is InChI=1S/C17H24NO2Si.Li/c1-11-7-12-8-14-15(20-10-19-14)9-13(12)16(11)21(5,6)18-17(2,3)4;/h7-9,18H,10H2,1-6H3;/q-1;+1. The molecular weight excluding hydrogens is 285 g/mol. The Hall–Kier alpha value is -0.796. The normalized spacial score (nSPS) is 14.3. The van der Waals surface area contributed by atoms with Gasteiger partial charge in [0, 0.05) is 5.54 Å². The third-order valence-corrected chi connectivity index (χ3v) is 7.18. The van der Waals surface area contributed by atoms with Gasteiger partial charge >= 0.3 is 18.9 Å². The van der Waals surface area contributed by atoms with Gasteiger partial charge in [-0.15, -0.1) is 21.5 Å². The van der Waals surface area contributed by atoms with E-state index in [0.29, 0.717) is 6.79 Å². The van der Waals surface area contributed by atoms with Gasteiger partial charge in [-0.2, -0.15) is 6.07 Å². The molecule has 22 heavy (non-hydrogen) atoms. The summed E-state index contributed by atoms with van der Waals surface area (Å²) in [4.78, 5) is 3.87. The van der Waals surface area contributed by atoms with E-state index in [9.17, 15) is 0 Å². The fourth-order valence-electron chi connectivity index (χ4n) is 3.64. The average Bonchev–Trinajstić information content (AvgIpc) is 2.83. The largest absolute Gasteiger partial charge is 1.00 e. The van der Waals surface area contributed by atoms with E-state index in [0.717, 1.165) is 11.5 Å². The fraction of sp³-hybridized carbons (Fsp3) is 0.471. The number of rotatable bonds is 2. The number of hydrogen-bond acceptors (Lipinski definition) is 3. The van der Waals surface area contributed by atoms with Crippen LogP contribution in [0.25, 0.3) is 10.8 Å². The summed E-state index contributed by atoms with van der Waals surface area (Å²) in [6.45, 7) is 14.0. The van der Waals surface area contributed by atoms with E-state index in [2.05, 4.69) is 64.0 Å². The smallest absolute Gasteiger partial charge is 0.463 e. The summed E-state index contributed by atoms with van der Waals surface area (Å²) in [6, 6.07) is 6.53. The summed E-state index contributed by atoms with van der Waals surface area (Å²) in [5.74, 6) is 1.73. The van der Waals surface area contributed by atoms with Crippen molar-refractivity contribution in [2.45, 2.75) is 46.3 Å². The Morgan fingerprint density at radius 2 is 1.68 bits per heavy atom. The Labute approximate surface area is 146 Å². The number of ether oxygens (including phenoxy) is 2. The third-order valence-electron chi connectivity index (χ3n) is 3.89. The monoisotopic (exact) mass is 309 g/mol. The zero-order valence-electron chi connectivity index (χ0n) is 14.8. The van der Waals surface area contributed by atoms with Crippen LogP contribution in [-0.4, -0.2) is 20.6 Å². The number of benzene rings is 1. The first-order chi connectivity index (χ1) is 9.67. The summed E-state index contributed by atoms with van der Waals surface area (Å²) in [5, 5.41) is 4.04. The summed E-state index contributed by atoms with van der Waals surface area (Å²) >= 11 is 0. The van der Waals surface area contributed by atoms with Crippen LogP contribution < -0.4 is 38.5 Å². The van der Waals surface area contributed by atoms with Gasteiger partial charge in [-0.1, -0.05) is 32.2 Å². The second-order valence-corrected chi connectivity index (χ2v) is 11.5. The van der Waals surface area contributed by atoms with Gasteiger partial charge in [0.2, 0.25) is 6.79 Å². The number of fused-ring (bicyclic) bond motifs is 2. The molecule has 2 aromatic rings. The van der Waals surface area contributed by atoms with Gasteiger partial charge in [-0.25, -0.2) is 0 Å². The van der Waals surface area contributed by atoms with Gasteiger partial charge < -0.3 is 14.5 Å². The molecule has 0 saturated carbocycles. The van der Waals surface area contributed by atoms with E-state index in [-0.39, 0.29) is 24.4 Å². The number of aryl methyl sites for hydroxylation is 1. The number of nitrogens with one attached hydrogen (secondary N) is 1. The Morgan fingerprint density at radius 1 is 1.09 bits per heavy atom. The quantitative estimate of drug-likeness (QED) is 0.643. The molecule has 0 unspecified atom stereocenters. The molecule has 0 saturated heterocycles. The van der Waals surface area contributed by atoms with E-state index in [1.54, 1.807) is 0 Å². The molecule has 0 aromatic heterocycles. The minimum atomic E-state index is -1.75.